The monoisotopic (exact) mass is 710 g/mol. The molecule has 2 unspecified atom stereocenters. The average molecular weight is 712 g/mol. The molecule has 0 radical (unpaired) electrons. The number of amides is 2. The minimum absolute atomic E-state index is 0.0110. The summed E-state index contributed by atoms with van der Waals surface area (Å²) in [7, 11) is 0. The van der Waals surface area contributed by atoms with Crippen LogP contribution in [-0.4, -0.2) is 85.1 Å². The van der Waals surface area contributed by atoms with Crippen LogP contribution in [0, 0.1) is 0 Å². The highest BCUT2D eigenvalue weighted by molar-refractivity contribution is 9.10. The number of hydrogen-bond acceptors (Lipinski definition) is 6. The lowest BCUT2D eigenvalue weighted by atomic mass is 9.94. The van der Waals surface area contributed by atoms with E-state index in [1.165, 1.54) is 11.1 Å². The van der Waals surface area contributed by atoms with Crippen LogP contribution in [0.4, 0.5) is 4.79 Å². The zero-order chi connectivity index (χ0) is 32.4. The van der Waals surface area contributed by atoms with Gasteiger partial charge in [0.15, 0.2) is 0 Å². The second kappa shape index (κ2) is 14.0. The first kappa shape index (κ1) is 33.0. The molecule has 0 N–H and O–H groups in total. The third-order valence-electron chi connectivity index (χ3n) is 9.40. The van der Waals surface area contributed by atoms with Crippen molar-refractivity contribution >= 4 is 39.5 Å². The third kappa shape index (κ3) is 7.44. The second-order valence-electron chi connectivity index (χ2n) is 13.8. The molecule has 0 bridgehead atoms. The Hall–Kier alpha value is -2.95. The number of rotatable bonds is 6. The Bertz CT molecular complexity index is 1490. The Morgan fingerprint density at radius 1 is 1.07 bits per heavy atom. The SMILES string of the molecule is CC(C)(C)OC(=O)N1CCN(C2c3ccc(Cl)cc3CCc3cc(Br)cnc32)CC1C(=O)N1CCCC[C@@H]1CCCn1ccnc1. The molecule has 2 amide bonds. The first-order valence-corrected chi connectivity index (χ1v) is 17.7. The summed E-state index contributed by atoms with van der Waals surface area (Å²) in [6.45, 7) is 8.54. The standard InChI is InChI=1S/C35H44BrClN6O3/c1-35(2,3)46-34(45)43-18-17-41(32-29-12-11-27(37)20-24(29)9-10-25-19-26(36)21-39-31(25)32)22-30(43)33(44)42-15-5-4-7-28(42)8-6-14-40-16-13-38-23-40/h11-13,16,19-21,23,28,30,32H,4-10,14-15,17-18,22H2,1-3H3/t28-,30?,32?/m1/s1. The van der Waals surface area contributed by atoms with Gasteiger partial charge >= 0.3 is 6.09 Å². The largest absolute Gasteiger partial charge is 0.444 e. The molecule has 2 aromatic heterocycles. The summed E-state index contributed by atoms with van der Waals surface area (Å²) in [4.78, 5) is 43.6. The molecule has 2 saturated heterocycles. The van der Waals surface area contributed by atoms with Crippen LogP contribution in [0.3, 0.4) is 0 Å². The number of aromatic nitrogens is 3. The summed E-state index contributed by atoms with van der Waals surface area (Å²) in [5, 5.41) is 0.713. The van der Waals surface area contributed by atoms with E-state index in [1.807, 2.05) is 45.6 Å². The van der Waals surface area contributed by atoms with Gasteiger partial charge in [-0.15, -0.1) is 0 Å². The topological polar surface area (TPSA) is 83.8 Å². The number of likely N-dealkylation sites (tertiary alicyclic amines) is 1. The van der Waals surface area contributed by atoms with Crippen molar-refractivity contribution in [3.8, 4) is 0 Å². The van der Waals surface area contributed by atoms with E-state index >= 15 is 0 Å². The van der Waals surface area contributed by atoms with Gasteiger partial charge < -0.3 is 14.2 Å². The summed E-state index contributed by atoms with van der Waals surface area (Å²) in [6, 6.07) is 7.58. The van der Waals surface area contributed by atoms with E-state index < -0.39 is 17.7 Å². The molecular weight excluding hydrogens is 668 g/mol. The van der Waals surface area contributed by atoms with Crippen molar-refractivity contribution in [2.24, 2.45) is 0 Å². The Morgan fingerprint density at radius 3 is 2.67 bits per heavy atom. The Balaban J connectivity index is 1.31. The van der Waals surface area contributed by atoms with E-state index in [4.69, 9.17) is 21.3 Å². The van der Waals surface area contributed by atoms with E-state index in [9.17, 15) is 9.59 Å². The van der Waals surface area contributed by atoms with Crippen LogP contribution >= 0.6 is 27.5 Å². The molecule has 6 rings (SSSR count). The smallest absolute Gasteiger partial charge is 0.411 e. The van der Waals surface area contributed by atoms with E-state index in [2.05, 4.69) is 53.5 Å². The molecule has 1 aliphatic carbocycles. The summed E-state index contributed by atoms with van der Waals surface area (Å²) >= 11 is 10.1. The highest BCUT2D eigenvalue weighted by Gasteiger charge is 2.44. The number of piperidine rings is 1. The summed E-state index contributed by atoms with van der Waals surface area (Å²) in [5.74, 6) is 0.0110. The number of aryl methyl sites for hydroxylation is 3. The molecule has 3 atom stereocenters. The molecular formula is C35H44BrClN6O3. The normalized spacial score (nSPS) is 22.2. The molecule has 3 aliphatic rings. The van der Waals surface area contributed by atoms with E-state index in [0.717, 1.165) is 67.2 Å². The van der Waals surface area contributed by atoms with Gasteiger partial charge in [0, 0.05) is 66.9 Å². The number of halogens is 2. The molecule has 2 aliphatic heterocycles. The molecule has 46 heavy (non-hydrogen) atoms. The fourth-order valence-corrected chi connectivity index (χ4v) is 7.86. The number of hydrogen-bond donors (Lipinski definition) is 0. The van der Waals surface area contributed by atoms with Crippen LogP contribution in [0.25, 0.3) is 0 Å². The van der Waals surface area contributed by atoms with E-state index in [0.29, 0.717) is 31.2 Å². The molecule has 2 fully saturated rings. The van der Waals surface area contributed by atoms with Crippen LogP contribution in [0.5, 0.6) is 0 Å². The number of ether oxygens (including phenoxy) is 1. The van der Waals surface area contributed by atoms with Crippen LogP contribution in [0.15, 0.2) is 53.7 Å². The predicted octanol–water partition coefficient (Wildman–Crippen LogP) is 6.66. The Kier molecular flexibility index (Phi) is 10.1. The van der Waals surface area contributed by atoms with Gasteiger partial charge in [-0.25, -0.2) is 9.78 Å². The van der Waals surface area contributed by atoms with Gasteiger partial charge in [-0.1, -0.05) is 17.7 Å². The fraction of sp³-hybridized carbons (Fsp3) is 0.543. The lowest BCUT2D eigenvalue weighted by molar-refractivity contribution is -0.143. The maximum absolute atomic E-state index is 14.7. The van der Waals surface area contributed by atoms with Crippen molar-refractivity contribution in [1.82, 2.24) is 29.2 Å². The molecule has 3 aromatic rings. The quantitative estimate of drug-likeness (QED) is 0.284. The van der Waals surface area contributed by atoms with Crippen LogP contribution in [0.2, 0.25) is 5.02 Å². The number of imidazole rings is 1. The molecule has 0 spiro atoms. The summed E-state index contributed by atoms with van der Waals surface area (Å²) in [6.07, 6.45) is 13.6. The number of carbonyl (C=O) groups is 2. The maximum atomic E-state index is 14.7. The van der Waals surface area contributed by atoms with Crippen molar-refractivity contribution in [3.63, 3.8) is 0 Å². The third-order valence-corrected chi connectivity index (χ3v) is 10.1. The molecule has 4 heterocycles. The van der Waals surface area contributed by atoms with Gasteiger partial charge in [0.25, 0.3) is 0 Å². The van der Waals surface area contributed by atoms with Crippen LogP contribution in [0.1, 0.15) is 81.3 Å². The fourth-order valence-electron chi connectivity index (χ4n) is 7.28. The Labute approximate surface area is 285 Å². The molecule has 0 saturated carbocycles. The van der Waals surface area contributed by atoms with Crippen molar-refractivity contribution in [3.05, 3.63) is 81.1 Å². The zero-order valence-electron chi connectivity index (χ0n) is 27.0. The summed E-state index contributed by atoms with van der Waals surface area (Å²) in [5.41, 5.74) is 3.86. The van der Waals surface area contributed by atoms with Crippen molar-refractivity contribution in [2.45, 2.75) is 96.0 Å². The van der Waals surface area contributed by atoms with Crippen LogP contribution < -0.4 is 0 Å². The molecule has 1 aromatic carbocycles. The van der Waals surface area contributed by atoms with Gasteiger partial charge in [-0.2, -0.15) is 0 Å². The first-order valence-electron chi connectivity index (χ1n) is 16.5. The lowest BCUT2D eigenvalue weighted by Crippen LogP contribution is -2.63. The number of carbonyl (C=O) groups excluding carboxylic acids is 2. The van der Waals surface area contributed by atoms with E-state index in [-0.39, 0.29) is 18.0 Å². The van der Waals surface area contributed by atoms with Crippen molar-refractivity contribution in [2.75, 3.05) is 26.2 Å². The number of fused-ring (bicyclic) bond motifs is 2. The van der Waals surface area contributed by atoms with Crippen molar-refractivity contribution < 1.29 is 14.3 Å². The number of nitrogens with zero attached hydrogens (tertiary/aromatic N) is 6. The zero-order valence-corrected chi connectivity index (χ0v) is 29.3. The van der Waals surface area contributed by atoms with E-state index in [1.54, 1.807) is 11.1 Å². The second-order valence-corrected chi connectivity index (χ2v) is 15.1. The lowest BCUT2D eigenvalue weighted by Gasteiger charge is -2.46. The minimum atomic E-state index is -0.671. The molecule has 246 valence electrons. The highest BCUT2D eigenvalue weighted by atomic mass is 79.9. The van der Waals surface area contributed by atoms with Gasteiger partial charge in [0.1, 0.15) is 11.6 Å². The highest BCUT2D eigenvalue weighted by Crippen LogP contribution is 2.39. The Morgan fingerprint density at radius 2 is 1.89 bits per heavy atom. The molecule has 11 heteroatoms. The minimum Gasteiger partial charge on any atom is -0.444 e. The van der Waals surface area contributed by atoms with Crippen LogP contribution in [-0.2, 0) is 28.9 Å². The summed E-state index contributed by atoms with van der Waals surface area (Å²) < 4.78 is 8.90. The number of benzene rings is 1. The number of piperazine rings is 1. The van der Waals surface area contributed by atoms with Gasteiger partial charge in [-0.3, -0.25) is 19.6 Å². The van der Waals surface area contributed by atoms with Gasteiger partial charge in [-0.05, 0) is 117 Å². The first-order chi connectivity index (χ1) is 22.1. The number of pyridine rings is 1. The van der Waals surface area contributed by atoms with Crippen molar-refractivity contribution in [1.29, 1.82) is 0 Å². The average Bonchev–Trinajstić information content (AvgIpc) is 3.49. The predicted molar refractivity (Wildman–Crippen MR) is 182 cm³/mol. The van der Waals surface area contributed by atoms with Gasteiger partial charge in [0.2, 0.25) is 5.91 Å². The maximum Gasteiger partial charge on any atom is 0.411 e. The van der Waals surface area contributed by atoms with Gasteiger partial charge in [0.05, 0.1) is 18.1 Å². The molecule has 9 nitrogen and oxygen atoms in total.